The second kappa shape index (κ2) is 4.82. The number of benzene rings is 1. The fourth-order valence-corrected chi connectivity index (χ4v) is 1.93. The highest BCUT2D eigenvalue weighted by atomic mass is 16.5. The van der Waals surface area contributed by atoms with Crippen LogP contribution >= 0.6 is 0 Å². The van der Waals surface area contributed by atoms with Crippen molar-refractivity contribution >= 4 is 0 Å². The molecule has 0 spiro atoms. The van der Waals surface area contributed by atoms with Crippen molar-refractivity contribution in [2.45, 2.75) is 26.9 Å². The monoisotopic (exact) mass is 246 g/mol. The first-order valence-corrected chi connectivity index (χ1v) is 5.95. The molecule has 1 atom stereocenters. The minimum absolute atomic E-state index is 0.557. The van der Waals surface area contributed by atoms with Gasteiger partial charge in [-0.05, 0) is 26.8 Å². The molecule has 0 radical (unpaired) electrons. The van der Waals surface area contributed by atoms with E-state index >= 15 is 0 Å². The zero-order valence-corrected chi connectivity index (χ0v) is 11.1. The van der Waals surface area contributed by atoms with Crippen LogP contribution in [-0.4, -0.2) is 14.9 Å². The third-order valence-electron chi connectivity index (χ3n) is 3.02. The quantitative estimate of drug-likeness (QED) is 0.905. The maximum atomic E-state index is 9.73. The molecule has 96 valence electrons. The Kier molecular flexibility index (Phi) is 3.39. The minimum Gasteiger partial charge on any atom is -0.453 e. The smallest absolute Gasteiger partial charge is 0.171 e. The van der Waals surface area contributed by atoms with Gasteiger partial charge in [0.25, 0.3) is 0 Å². The van der Waals surface area contributed by atoms with Gasteiger partial charge in [0, 0.05) is 12.6 Å². The topological polar surface area (TPSA) is 47.3 Å². The molecular formula is C14H18N2O2. The van der Waals surface area contributed by atoms with Crippen LogP contribution in [0.15, 0.2) is 24.3 Å². The number of hydrogen-bond acceptors (Lipinski definition) is 3. The van der Waals surface area contributed by atoms with Gasteiger partial charge in [-0.15, -0.1) is 0 Å². The van der Waals surface area contributed by atoms with Crippen molar-refractivity contribution < 1.29 is 9.84 Å². The Morgan fingerprint density at radius 3 is 2.50 bits per heavy atom. The zero-order chi connectivity index (χ0) is 13.3. The Bertz CT molecular complexity index is 559. The third kappa shape index (κ3) is 2.24. The summed E-state index contributed by atoms with van der Waals surface area (Å²) in [5.74, 6) is 1.43. The van der Waals surface area contributed by atoms with Crippen LogP contribution in [0.25, 0.3) is 0 Å². The van der Waals surface area contributed by atoms with Gasteiger partial charge in [-0.3, -0.25) is 4.68 Å². The Morgan fingerprint density at radius 2 is 1.94 bits per heavy atom. The van der Waals surface area contributed by atoms with E-state index in [1.165, 1.54) is 0 Å². The van der Waals surface area contributed by atoms with Gasteiger partial charge in [0.15, 0.2) is 5.75 Å². The third-order valence-corrected chi connectivity index (χ3v) is 3.02. The maximum absolute atomic E-state index is 9.73. The first kappa shape index (κ1) is 12.6. The van der Waals surface area contributed by atoms with Gasteiger partial charge in [-0.25, -0.2) is 0 Å². The lowest BCUT2D eigenvalue weighted by Crippen LogP contribution is -1.97. The standard InChI is InChI=1S/C14H18N2O2/c1-9-14(10(2)16(4)15-9)18-13-8-6-5-7-12(13)11(3)17/h5-8,11,17H,1-4H3. The molecule has 1 heterocycles. The predicted molar refractivity (Wildman–Crippen MR) is 69.8 cm³/mol. The Morgan fingerprint density at radius 1 is 1.28 bits per heavy atom. The van der Waals surface area contributed by atoms with E-state index in [0.717, 1.165) is 22.7 Å². The molecule has 4 nitrogen and oxygen atoms in total. The van der Waals surface area contributed by atoms with E-state index in [1.807, 2.05) is 45.2 Å². The lowest BCUT2D eigenvalue weighted by molar-refractivity contribution is 0.195. The molecule has 4 heteroatoms. The Labute approximate surface area is 107 Å². The largest absolute Gasteiger partial charge is 0.453 e. The number of nitrogens with zero attached hydrogens (tertiary/aromatic N) is 2. The summed E-state index contributed by atoms with van der Waals surface area (Å²) in [5, 5.41) is 14.0. The second-order valence-electron chi connectivity index (χ2n) is 4.44. The lowest BCUT2D eigenvalue weighted by atomic mass is 10.1. The Balaban J connectivity index is 2.40. The highest BCUT2D eigenvalue weighted by Crippen LogP contribution is 2.32. The van der Waals surface area contributed by atoms with Gasteiger partial charge in [-0.2, -0.15) is 5.10 Å². The number of aliphatic hydroxyl groups is 1. The lowest BCUT2D eigenvalue weighted by Gasteiger charge is -2.13. The van der Waals surface area contributed by atoms with Crippen molar-refractivity contribution in [2.24, 2.45) is 7.05 Å². The molecule has 0 amide bonds. The van der Waals surface area contributed by atoms with Gasteiger partial charge < -0.3 is 9.84 Å². The number of aliphatic hydroxyl groups excluding tert-OH is 1. The summed E-state index contributed by atoms with van der Waals surface area (Å²) in [5.41, 5.74) is 2.59. The molecule has 1 aromatic heterocycles. The summed E-state index contributed by atoms with van der Waals surface area (Å²) in [4.78, 5) is 0. The molecule has 1 N–H and O–H groups in total. The molecule has 0 fully saturated rings. The number of para-hydroxylation sites is 1. The maximum Gasteiger partial charge on any atom is 0.171 e. The molecule has 0 saturated carbocycles. The highest BCUT2D eigenvalue weighted by Gasteiger charge is 2.15. The molecule has 1 unspecified atom stereocenters. The van der Waals surface area contributed by atoms with Crippen LogP contribution in [0.3, 0.4) is 0 Å². The van der Waals surface area contributed by atoms with Crippen LogP contribution in [0.1, 0.15) is 30.0 Å². The number of rotatable bonds is 3. The normalized spacial score (nSPS) is 12.5. The zero-order valence-electron chi connectivity index (χ0n) is 11.1. The fraction of sp³-hybridized carbons (Fsp3) is 0.357. The van der Waals surface area contributed by atoms with Gasteiger partial charge >= 0.3 is 0 Å². The van der Waals surface area contributed by atoms with Crippen LogP contribution in [0.5, 0.6) is 11.5 Å². The van der Waals surface area contributed by atoms with E-state index in [0.29, 0.717) is 5.75 Å². The van der Waals surface area contributed by atoms with Crippen molar-refractivity contribution in [3.05, 3.63) is 41.2 Å². The minimum atomic E-state index is -0.557. The first-order valence-electron chi connectivity index (χ1n) is 5.95. The van der Waals surface area contributed by atoms with E-state index in [9.17, 15) is 5.11 Å². The highest BCUT2D eigenvalue weighted by molar-refractivity contribution is 5.41. The summed E-state index contributed by atoms with van der Waals surface area (Å²) in [6.45, 7) is 5.60. The SMILES string of the molecule is Cc1nn(C)c(C)c1Oc1ccccc1C(C)O. The molecule has 0 aliphatic carbocycles. The molecule has 1 aromatic carbocycles. The average molecular weight is 246 g/mol. The van der Waals surface area contributed by atoms with E-state index < -0.39 is 6.10 Å². The van der Waals surface area contributed by atoms with E-state index in [-0.39, 0.29) is 0 Å². The number of aromatic nitrogens is 2. The van der Waals surface area contributed by atoms with E-state index in [2.05, 4.69) is 5.10 Å². The number of aryl methyl sites for hydroxylation is 2. The molecule has 0 aliphatic heterocycles. The van der Waals surface area contributed by atoms with Crippen LogP contribution < -0.4 is 4.74 Å². The summed E-state index contributed by atoms with van der Waals surface area (Å²) in [6.07, 6.45) is -0.557. The van der Waals surface area contributed by atoms with Crippen LogP contribution in [0, 0.1) is 13.8 Å². The van der Waals surface area contributed by atoms with Crippen molar-refractivity contribution in [1.29, 1.82) is 0 Å². The first-order chi connectivity index (χ1) is 8.50. The molecule has 0 bridgehead atoms. The summed E-state index contributed by atoms with van der Waals surface area (Å²) >= 11 is 0. The van der Waals surface area contributed by atoms with Crippen molar-refractivity contribution in [1.82, 2.24) is 9.78 Å². The van der Waals surface area contributed by atoms with Crippen LogP contribution in [0.2, 0.25) is 0 Å². The Hall–Kier alpha value is -1.81. The molecule has 0 saturated heterocycles. The van der Waals surface area contributed by atoms with Gasteiger partial charge in [0.1, 0.15) is 11.4 Å². The summed E-state index contributed by atoms with van der Waals surface area (Å²) in [6, 6.07) is 7.50. The van der Waals surface area contributed by atoms with Crippen molar-refractivity contribution in [3.8, 4) is 11.5 Å². The number of ether oxygens (including phenoxy) is 1. The number of hydrogen-bond donors (Lipinski definition) is 1. The molecule has 2 aromatic rings. The fourth-order valence-electron chi connectivity index (χ4n) is 1.93. The molecule has 2 rings (SSSR count). The van der Waals surface area contributed by atoms with Gasteiger partial charge in [0.05, 0.1) is 11.8 Å². The average Bonchev–Trinajstić information content (AvgIpc) is 2.56. The van der Waals surface area contributed by atoms with E-state index in [4.69, 9.17) is 4.74 Å². The van der Waals surface area contributed by atoms with Gasteiger partial charge in [0.2, 0.25) is 0 Å². The van der Waals surface area contributed by atoms with Crippen molar-refractivity contribution in [2.75, 3.05) is 0 Å². The molecule has 0 aliphatic rings. The van der Waals surface area contributed by atoms with Crippen LogP contribution in [-0.2, 0) is 7.05 Å². The van der Waals surface area contributed by atoms with Crippen molar-refractivity contribution in [3.63, 3.8) is 0 Å². The summed E-state index contributed by atoms with van der Waals surface area (Å²) in [7, 11) is 1.88. The molecular weight excluding hydrogens is 228 g/mol. The second-order valence-corrected chi connectivity index (χ2v) is 4.44. The van der Waals surface area contributed by atoms with Crippen LogP contribution in [0.4, 0.5) is 0 Å². The van der Waals surface area contributed by atoms with Gasteiger partial charge in [-0.1, -0.05) is 18.2 Å². The van der Waals surface area contributed by atoms with E-state index in [1.54, 1.807) is 11.6 Å². The summed E-state index contributed by atoms with van der Waals surface area (Å²) < 4.78 is 7.70. The molecule has 18 heavy (non-hydrogen) atoms. The predicted octanol–water partition coefficient (Wildman–Crippen LogP) is 2.88.